The van der Waals surface area contributed by atoms with Crippen LogP contribution in [0.2, 0.25) is 0 Å². The average Bonchev–Trinajstić information content (AvgIpc) is 2.35. The lowest BCUT2D eigenvalue weighted by Gasteiger charge is -2.04. The number of aliphatic hydroxyl groups excluding tert-OH is 1. The van der Waals surface area contributed by atoms with Gasteiger partial charge in [-0.15, -0.1) is 0 Å². The molecule has 1 aromatic rings. The molecule has 19 heavy (non-hydrogen) atoms. The van der Waals surface area contributed by atoms with E-state index in [-0.39, 0.29) is 12.2 Å². The largest absolute Gasteiger partial charge is 0.450 e. The van der Waals surface area contributed by atoms with Gasteiger partial charge in [-0.1, -0.05) is 36.4 Å². The number of hydrogen-bond acceptors (Lipinski definition) is 3. The first-order valence-corrected chi connectivity index (χ1v) is 5.35. The first kappa shape index (κ1) is 15.1. The molecule has 0 bridgehead atoms. The van der Waals surface area contributed by atoms with Gasteiger partial charge in [0, 0.05) is 5.56 Å². The summed E-state index contributed by atoms with van der Waals surface area (Å²) >= 11 is 0. The monoisotopic (exact) mass is 272 g/mol. The van der Waals surface area contributed by atoms with Crippen molar-refractivity contribution in [3.8, 4) is 0 Å². The Hall–Kier alpha value is -1.95. The maximum atomic E-state index is 12.0. The van der Waals surface area contributed by atoms with Crippen molar-refractivity contribution in [3.63, 3.8) is 0 Å². The molecule has 0 aliphatic rings. The highest BCUT2D eigenvalue weighted by atomic mass is 19.4. The molecule has 0 amide bonds. The molecule has 0 fully saturated rings. The summed E-state index contributed by atoms with van der Waals surface area (Å²) in [6.45, 7) is -0.138. The maximum absolute atomic E-state index is 12.0. The van der Waals surface area contributed by atoms with E-state index in [0.29, 0.717) is 5.56 Å². The van der Waals surface area contributed by atoms with Crippen LogP contribution in [-0.4, -0.2) is 29.5 Å². The van der Waals surface area contributed by atoms with Crippen molar-refractivity contribution in [2.45, 2.75) is 12.6 Å². The minimum absolute atomic E-state index is 0.0405. The Morgan fingerprint density at radius 2 is 1.74 bits per heavy atom. The first-order chi connectivity index (χ1) is 8.84. The van der Waals surface area contributed by atoms with Gasteiger partial charge in [-0.2, -0.15) is 13.2 Å². The number of carbonyl (C=O) groups excluding carboxylic acids is 2. The zero-order valence-electron chi connectivity index (χ0n) is 9.78. The van der Waals surface area contributed by atoms with E-state index < -0.39 is 24.2 Å². The third-order valence-electron chi connectivity index (χ3n) is 2.29. The van der Waals surface area contributed by atoms with Crippen molar-refractivity contribution < 1.29 is 27.9 Å². The molecule has 0 saturated carbocycles. The molecule has 0 radical (unpaired) electrons. The highest BCUT2D eigenvalue weighted by Crippen LogP contribution is 2.19. The quantitative estimate of drug-likeness (QED) is 0.661. The van der Waals surface area contributed by atoms with E-state index in [1.807, 2.05) is 0 Å². The van der Waals surface area contributed by atoms with E-state index in [1.165, 1.54) is 30.3 Å². The number of halogens is 3. The number of benzene rings is 1. The van der Waals surface area contributed by atoms with Crippen LogP contribution >= 0.6 is 0 Å². The smallest absolute Gasteiger partial charge is 0.392 e. The molecule has 0 spiro atoms. The van der Waals surface area contributed by atoms with Crippen molar-refractivity contribution >= 4 is 17.6 Å². The minimum atomic E-state index is -4.99. The number of ketones is 2. The molecule has 0 aromatic heterocycles. The molecule has 6 heteroatoms. The first-order valence-electron chi connectivity index (χ1n) is 5.35. The Bertz CT molecular complexity index is 487. The van der Waals surface area contributed by atoms with Gasteiger partial charge < -0.3 is 5.11 Å². The second-order valence-corrected chi connectivity index (χ2v) is 3.73. The Morgan fingerprint density at radius 3 is 2.21 bits per heavy atom. The zero-order valence-corrected chi connectivity index (χ0v) is 9.78. The Balaban J connectivity index is 2.73. The van der Waals surface area contributed by atoms with Crippen molar-refractivity contribution in [2.75, 3.05) is 6.61 Å². The van der Waals surface area contributed by atoms with Crippen molar-refractivity contribution in [3.05, 3.63) is 41.5 Å². The summed E-state index contributed by atoms with van der Waals surface area (Å²) in [5.41, 5.74) is 0.728. The predicted molar refractivity (Wildman–Crippen MR) is 62.6 cm³/mol. The fourth-order valence-electron chi connectivity index (χ4n) is 1.32. The molecule has 0 heterocycles. The van der Waals surface area contributed by atoms with Gasteiger partial charge in [0.25, 0.3) is 0 Å². The van der Waals surface area contributed by atoms with E-state index in [9.17, 15) is 22.8 Å². The van der Waals surface area contributed by atoms with Crippen LogP contribution in [0.1, 0.15) is 22.3 Å². The lowest BCUT2D eigenvalue weighted by Crippen LogP contribution is -2.25. The molecule has 0 saturated heterocycles. The molecule has 102 valence electrons. The highest BCUT2D eigenvalue weighted by Gasteiger charge is 2.39. The third kappa shape index (κ3) is 4.67. The standard InChI is InChI=1S/C13H11F3O3/c14-13(15,16)12(19)8-11(18)10-5-3-9(4-6-10)2-1-7-17/h1-6,17H,7-8H2. The molecular formula is C13H11F3O3. The van der Waals surface area contributed by atoms with E-state index in [4.69, 9.17) is 5.11 Å². The van der Waals surface area contributed by atoms with Crippen LogP contribution in [-0.2, 0) is 4.79 Å². The van der Waals surface area contributed by atoms with Crippen LogP contribution in [0, 0.1) is 0 Å². The van der Waals surface area contributed by atoms with E-state index >= 15 is 0 Å². The highest BCUT2D eigenvalue weighted by molar-refractivity contribution is 6.09. The lowest BCUT2D eigenvalue weighted by molar-refractivity contribution is -0.170. The summed E-state index contributed by atoms with van der Waals surface area (Å²) < 4.78 is 36.0. The summed E-state index contributed by atoms with van der Waals surface area (Å²) in [5, 5.41) is 8.56. The van der Waals surface area contributed by atoms with Gasteiger partial charge >= 0.3 is 6.18 Å². The normalized spacial score (nSPS) is 11.8. The number of alkyl halides is 3. The Kier molecular flexibility index (Phi) is 5.00. The summed E-state index contributed by atoms with van der Waals surface area (Å²) in [5.74, 6) is -2.93. The molecule has 1 rings (SSSR count). The topological polar surface area (TPSA) is 54.4 Å². The van der Waals surface area contributed by atoms with Gasteiger partial charge in [0.1, 0.15) is 0 Å². The van der Waals surface area contributed by atoms with Gasteiger partial charge in [-0.3, -0.25) is 9.59 Å². The summed E-state index contributed by atoms with van der Waals surface area (Å²) in [6.07, 6.45) is -3.10. The molecule has 3 nitrogen and oxygen atoms in total. The number of hydrogen-bond donors (Lipinski definition) is 1. The zero-order chi connectivity index (χ0) is 14.5. The molecule has 0 aliphatic heterocycles. The van der Waals surface area contributed by atoms with Gasteiger partial charge in [0.05, 0.1) is 13.0 Å². The fourth-order valence-corrected chi connectivity index (χ4v) is 1.32. The number of aliphatic hydroxyl groups is 1. The summed E-state index contributed by atoms with van der Waals surface area (Å²) in [4.78, 5) is 22.1. The Labute approximate surface area is 107 Å². The molecule has 0 unspecified atom stereocenters. The number of carbonyl (C=O) groups is 2. The van der Waals surface area contributed by atoms with Crippen LogP contribution in [0.4, 0.5) is 13.2 Å². The average molecular weight is 272 g/mol. The van der Waals surface area contributed by atoms with E-state index in [2.05, 4.69) is 0 Å². The van der Waals surface area contributed by atoms with E-state index in [1.54, 1.807) is 6.08 Å². The minimum Gasteiger partial charge on any atom is -0.392 e. The van der Waals surface area contributed by atoms with Crippen molar-refractivity contribution in [1.29, 1.82) is 0 Å². The molecule has 1 aromatic carbocycles. The van der Waals surface area contributed by atoms with Crippen LogP contribution in [0.3, 0.4) is 0 Å². The third-order valence-corrected chi connectivity index (χ3v) is 2.29. The fraction of sp³-hybridized carbons (Fsp3) is 0.231. The second-order valence-electron chi connectivity index (χ2n) is 3.73. The number of rotatable bonds is 5. The van der Waals surface area contributed by atoms with Gasteiger partial charge in [-0.25, -0.2) is 0 Å². The SMILES string of the molecule is O=C(CC(=O)C(F)(F)F)c1ccc(C=CCO)cc1. The maximum Gasteiger partial charge on any atom is 0.450 e. The lowest BCUT2D eigenvalue weighted by atomic mass is 10.0. The Morgan fingerprint density at radius 1 is 1.16 bits per heavy atom. The van der Waals surface area contributed by atoms with Crippen LogP contribution in [0.15, 0.2) is 30.3 Å². The van der Waals surface area contributed by atoms with Gasteiger partial charge in [0.2, 0.25) is 5.78 Å². The van der Waals surface area contributed by atoms with Crippen LogP contribution in [0.25, 0.3) is 6.08 Å². The van der Waals surface area contributed by atoms with E-state index in [0.717, 1.165) is 0 Å². The second kappa shape index (κ2) is 6.29. The summed E-state index contributed by atoms with van der Waals surface area (Å²) in [7, 11) is 0. The molecule has 0 aliphatic carbocycles. The number of Topliss-reactive ketones (excluding diaryl/α,β-unsaturated/α-hetero) is 2. The molecule has 1 N–H and O–H groups in total. The van der Waals surface area contributed by atoms with Crippen molar-refractivity contribution in [1.82, 2.24) is 0 Å². The van der Waals surface area contributed by atoms with Crippen molar-refractivity contribution in [2.24, 2.45) is 0 Å². The van der Waals surface area contributed by atoms with Gasteiger partial charge in [0.15, 0.2) is 5.78 Å². The molecule has 0 atom stereocenters. The molecular weight excluding hydrogens is 261 g/mol. The van der Waals surface area contributed by atoms with Crippen LogP contribution in [0.5, 0.6) is 0 Å². The predicted octanol–water partition coefficient (Wildman–Crippen LogP) is 2.40. The van der Waals surface area contributed by atoms with Gasteiger partial charge in [-0.05, 0) is 5.56 Å². The summed E-state index contributed by atoms with van der Waals surface area (Å²) in [6, 6.07) is 5.70. The van der Waals surface area contributed by atoms with Crippen LogP contribution < -0.4 is 0 Å².